The number of methoxy groups -OCH3 is 2. The molecule has 0 spiro atoms. The molecule has 20 heavy (non-hydrogen) atoms. The van der Waals surface area contributed by atoms with Crippen LogP contribution in [0.3, 0.4) is 0 Å². The minimum absolute atomic E-state index is 0.0137. The Kier molecular flexibility index (Phi) is 3.65. The lowest BCUT2D eigenvalue weighted by atomic mass is 10.2. The molecule has 2 rings (SSSR count). The van der Waals surface area contributed by atoms with Crippen molar-refractivity contribution in [2.24, 2.45) is 0 Å². The summed E-state index contributed by atoms with van der Waals surface area (Å²) in [6, 6.07) is 4.13. The Morgan fingerprint density at radius 3 is 2.75 bits per heavy atom. The third-order valence-electron chi connectivity index (χ3n) is 2.52. The van der Waals surface area contributed by atoms with Gasteiger partial charge in [-0.15, -0.1) is 0 Å². The van der Waals surface area contributed by atoms with Gasteiger partial charge < -0.3 is 13.9 Å². The Morgan fingerprint density at radius 2 is 2.15 bits per heavy atom. The van der Waals surface area contributed by atoms with Gasteiger partial charge in [-0.3, -0.25) is 10.1 Å². The zero-order valence-corrected chi connectivity index (χ0v) is 10.7. The Hall–Kier alpha value is -2.90. The van der Waals surface area contributed by atoms with Gasteiger partial charge in [0.2, 0.25) is 5.89 Å². The smallest absolute Gasteiger partial charge is 0.360 e. The molecule has 0 fully saturated rings. The maximum atomic E-state index is 11.3. The second-order valence-electron chi connectivity index (χ2n) is 3.67. The largest absolute Gasteiger partial charge is 0.490 e. The number of ether oxygens (including phenoxy) is 2. The number of rotatable bonds is 4. The van der Waals surface area contributed by atoms with Gasteiger partial charge in [-0.05, 0) is 12.1 Å². The molecular weight excluding hydrogens is 268 g/mol. The van der Waals surface area contributed by atoms with Crippen molar-refractivity contribution < 1.29 is 23.6 Å². The molecule has 0 saturated carbocycles. The molecule has 0 aliphatic rings. The van der Waals surface area contributed by atoms with Crippen LogP contribution in [0.4, 0.5) is 5.69 Å². The average Bonchev–Trinajstić information content (AvgIpc) is 2.95. The molecule has 0 amide bonds. The van der Waals surface area contributed by atoms with E-state index in [2.05, 4.69) is 9.72 Å². The standard InChI is InChI=1S/C12H10N2O6/c1-18-10-5-7(3-4-9(10)14(16)17)11-13-8(6-20-11)12(15)19-2/h3-6H,1-2H3. The van der Waals surface area contributed by atoms with Crippen LogP contribution in [0.1, 0.15) is 10.5 Å². The first-order valence-corrected chi connectivity index (χ1v) is 5.43. The number of nitro benzene ring substituents is 1. The van der Waals surface area contributed by atoms with E-state index < -0.39 is 10.9 Å². The van der Waals surface area contributed by atoms with Gasteiger partial charge in [0.05, 0.1) is 19.1 Å². The topological polar surface area (TPSA) is 105 Å². The van der Waals surface area contributed by atoms with Gasteiger partial charge in [0, 0.05) is 11.6 Å². The van der Waals surface area contributed by atoms with Crippen molar-refractivity contribution >= 4 is 11.7 Å². The maximum Gasteiger partial charge on any atom is 0.360 e. The number of nitro groups is 1. The molecule has 1 aromatic heterocycles. The molecule has 0 atom stereocenters. The fourth-order valence-corrected chi connectivity index (χ4v) is 1.57. The summed E-state index contributed by atoms with van der Waals surface area (Å²) < 4.78 is 14.6. The van der Waals surface area contributed by atoms with Crippen LogP contribution in [0.2, 0.25) is 0 Å². The number of aromatic nitrogens is 1. The third kappa shape index (κ3) is 2.44. The van der Waals surface area contributed by atoms with E-state index in [1.807, 2.05) is 0 Å². The average molecular weight is 278 g/mol. The van der Waals surface area contributed by atoms with Crippen LogP contribution in [0.15, 0.2) is 28.9 Å². The fourth-order valence-electron chi connectivity index (χ4n) is 1.57. The van der Waals surface area contributed by atoms with Crippen LogP contribution in [0.5, 0.6) is 5.75 Å². The van der Waals surface area contributed by atoms with Crippen molar-refractivity contribution in [3.63, 3.8) is 0 Å². The van der Waals surface area contributed by atoms with Crippen molar-refractivity contribution in [2.75, 3.05) is 14.2 Å². The molecule has 0 bridgehead atoms. The number of nitrogens with zero attached hydrogens (tertiary/aromatic N) is 2. The van der Waals surface area contributed by atoms with Gasteiger partial charge in [0.1, 0.15) is 6.26 Å². The zero-order chi connectivity index (χ0) is 14.7. The predicted octanol–water partition coefficient (Wildman–Crippen LogP) is 2.04. The SMILES string of the molecule is COC(=O)c1coc(-c2ccc([N+](=O)[O-])c(OC)c2)n1. The molecule has 0 unspecified atom stereocenters. The summed E-state index contributed by atoms with van der Waals surface area (Å²) in [5.74, 6) is -0.419. The molecule has 0 radical (unpaired) electrons. The van der Waals surface area contributed by atoms with E-state index in [-0.39, 0.29) is 23.0 Å². The molecule has 8 heteroatoms. The lowest BCUT2D eigenvalue weighted by Crippen LogP contribution is -2.01. The van der Waals surface area contributed by atoms with Crippen LogP contribution in [0.25, 0.3) is 11.5 Å². The van der Waals surface area contributed by atoms with E-state index in [4.69, 9.17) is 9.15 Å². The summed E-state index contributed by atoms with van der Waals surface area (Å²) in [6.07, 6.45) is 1.15. The molecular formula is C12H10N2O6. The number of oxazole rings is 1. The molecule has 2 aromatic rings. The van der Waals surface area contributed by atoms with E-state index in [1.54, 1.807) is 0 Å². The van der Waals surface area contributed by atoms with Crippen molar-refractivity contribution in [1.29, 1.82) is 0 Å². The van der Waals surface area contributed by atoms with Crippen molar-refractivity contribution in [2.45, 2.75) is 0 Å². The summed E-state index contributed by atoms with van der Waals surface area (Å²) in [7, 11) is 2.55. The number of carbonyl (C=O) groups excluding carboxylic acids is 1. The molecule has 0 N–H and O–H groups in total. The summed E-state index contributed by atoms with van der Waals surface area (Å²) in [5, 5.41) is 10.8. The van der Waals surface area contributed by atoms with Crippen LogP contribution < -0.4 is 4.74 Å². The van der Waals surface area contributed by atoms with Gasteiger partial charge in [-0.2, -0.15) is 0 Å². The monoisotopic (exact) mass is 278 g/mol. The summed E-state index contributed by atoms with van der Waals surface area (Å²) in [6.45, 7) is 0. The first-order chi connectivity index (χ1) is 9.56. The van der Waals surface area contributed by atoms with Crippen LogP contribution in [-0.2, 0) is 4.74 Å². The number of hydrogen-bond acceptors (Lipinski definition) is 7. The van der Waals surface area contributed by atoms with Crippen molar-refractivity contribution in [3.8, 4) is 17.2 Å². The Morgan fingerprint density at radius 1 is 1.40 bits per heavy atom. The third-order valence-corrected chi connectivity index (χ3v) is 2.52. The van der Waals surface area contributed by atoms with Gasteiger partial charge in [-0.1, -0.05) is 0 Å². The molecule has 104 valence electrons. The number of carbonyl (C=O) groups is 1. The van der Waals surface area contributed by atoms with Crippen LogP contribution >= 0.6 is 0 Å². The highest BCUT2D eigenvalue weighted by atomic mass is 16.6. The molecule has 0 aliphatic heterocycles. The summed E-state index contributed by atoms with van der Waals surface area (Å²) >= 11 is 0. The maximum absolute atomic E-state index is 11.3. The fraction of sp³-hybridized carbons (Fsp3) is 0.167. The zero-order valence-electron chi connectivity index (χ0n) is 10.7. The van der Waals surface area contributed by atoms with Crippen LogP contribution in [-0.4, -0.2) is 30.1 Å². The van der Waals surface area contributed by atoms with Gasteiger partial charge >= 0.3 is 11.7 Å². The van der Waals surface area contributed by atoms with Gasteiger partial charge in [0.15, 0.2) is 11.4 Å². The highest BCUT2D eigenvalue weighted by Gasteiger charge is 2.18. The lowest BCUT2D eigenvalue weighted by Gasteiger charge is -2.02. The van der Waals surface area contributed by atoms with Gasteiger partial charge in [-0.25, -0.2) is 9.78 Å². The first-order valence-electron chi connectivity index (χ1n) is 5.43. The van der Waals surface area contributed by atoms with E-state index in [0.29, 0.717) is 5.56 Å². The molecule has 0 saturated heterocycles. The quantitative estimate of drug-likeness (QED) is 0.478. The molecule has 0 aliphatic carbocycles. The van der Waals surface area contributed by atoms with Gasteiger partial charge in [0.25, 0.3) is 0 Å². The minimum Gasteiger partial charge on any atom is -0.490 e. The molecule has 1 heterocycles. The Balaban J connectivity index is 2.40. The first kappa shape index (κ1) is 13.5. The lowest BCUT2D eigenvalue weighted by molar-refractivity contribution is -0.385. The highest BCUT2D eigenvalue weighted by Crippen LogP contribution is 2.31. The van der Waals surface area contributed by atoms with Crippen LogP contribution in [0, 0.1) is 10.1 Å². The number of benzene rings is 1. The Labute approximate surface area is 113 Å². The highest BCUT2D eigenvalue weighted by molar-refractivity contribution is 5.87. The minimum atomic E-state index is -0.631. The van der Waals surface area contributed by atoms with E-state index in [9.17, 15) is 14.9 Å². The predicted molar refractivity (Wildman–Crippen MR) is 66.5 cm³/mol. The van der Waals surface area contributed by atoms with Crippen molar-refractivity contribution in [1.82, 2.24) is 4.98 Å². The second-order valence-corrected chi connectivity index (χ2v) is 3.67. The second kappa shape index (κ2) is 5.39. The van der Waals surface area contributed by atoms with E-state index in [0.717, 1.165) is 6.26 Å². The summed E-state index contributed by atoms with van der Waals surface area (Å²) in [4.78, 5) is 25.4. The Bertz CT molecular complexity index is 664. The van der Waals surface area contributed by atoms with E-state index >= 15 is 0 Å². The normalized spacial score (nSPS) is 10.1. The number of esters is 1. The summed E-state index contributed by atoms with van der Waals surface area (Å²) in [5.41, 5.74) is 0.290. The van der Waals surface area contributed by atoms with Crippen molar-refractivity contribution in [3.05, 3.63) is 40.3 Å². The van der Waals surface area contributed by atoms with E-state index in [1.165, 1.54) is 32.4 Å². The molecule has 1 aromatic carbocycles. The number of hydrogen-bond donors (Lipinski definition) is 0. The molecule has 8 nitrogen and oxygen atoms in total.